The van der Waals surface area contributed by atoms with Crippen LogP contribution in [-0.2, 0) is 0 Å². The van der Waals surface area contributed by atoms with Crippen molar-refractivity contribution in [2.24, 2.45) is 0 Å². The van der Waals surface area contributed by atoms with Gasteiger partial charge >= 0.3 is 0 Å². The molecule has 0 saturated carbocycles. The predicted molar refractivity (Wildman–Crippen MR) is 86.5 cm³/mol. The van der Waals surface area contributed by atoms with Crippen LogP contribution in [-0.4, -0.2) is 26.3 Å². The Morgan fingerprint density at radius 3 is 2.71 bits per heavy atom. The van der Waals surface area contributed by atoms with Crippen molar-refractivity contribution in [2.75, 3.05) is 11.9 Å². The maximum atomic E-state index is 4.39. The van der Waals surface area contributed by atoms with Crippen molar-refractivity contribution in [3.05, 3.63) is 53.5 Å². The topological polar surface area (TPSA) is 55.6 Å². The van der Waals surface area contributed by atoms with E-state index in [4.69, 9.17) is 0 Å². The Kier molecular flexibility index (Phi) is 3.96. The molecule has 1 aromatic carbocycles. The van der Waals surface area contributed by atoms with E-state index in [1.807, 2.05) is 37.5 Å². The monoisotopic (exact) mass is 343 g/mol. The van der Waals surface area contributed by atoms with Gasteiger partial charge in [-0.25, -0.2) is 14.6 Å². The second-order valence-electron chi connectivity index (χ2n) is 4.43. The summed E-state index contributed by atoms with van der Waals surface area (Å²) < 4.78 is 2.55. The number of aromatic nitrogens is 4. The predicted octanol–water partition coefficient (Wildman–Crippen LogP) is 3.52. The van der Waals surface area contributed by atoms with E-state index in [0.717, 1.165) is 28.0 Å². The van der Waals surface area contributed by atoms with Crippen LogP contribution in [0.5, 0.6) is 0 Å². The molecule has 6 heteroatoms. The largest absolute Gasteiger partial charge is 0.369 e. The smallest absolute Gasteiger partial charge is 0.173 e. The van der Waals surface area contributed by atoms with Gasteiger partial charge in [0.15, 0.2) is 5.82 Å². The number of benzene rings is 1. The molecule has 21 heavy (non-hydrogen) atoms. The van der Waals surface area contributed by atoms with Crippen molar-refractivity contribution in [2.45, 2.75) is 6.92 Å². The molecular formula is C15H14BrN5. The summed E-state index contributed by atoms with van der Waals surface area (Å²) in [5.41, 5.74) is 2.17. The van der Waals surface area contributed by atoms with Crippen LogP contribution in [0.25, 0.3) is 16.9 Å². The van der Waals surface area contributed by atoms with Crippen molar-refractivity contribution >= 4 is 21.7 Å². The summed E-state index contributed by atoms with van der Waals surface area (Å²) in [6, 6.07) is 10.1. The van der Waals surface area contributed by atoms with E-state index >= 15 is 0 Å². The Bertz CT molecular complexity index is 739. The van der Waals surface area contributed by atoms with E-state index in [1.54, 1.807) is 4.68 Å². The van der Waals surface area contributed by atoms with Crippen LogP contribution in [0.2, 0.25) is 0 Å². The minimum Gasteiger partial charge on any atom is -0.369 e. The average Bonchev–Trinajstić information content (AvgIpc) is 3.00. The maximum absolute atomic E-state index is 4.39. The first-order chi connectivity index (χ1) is 10.3. The van der Waals surface area contributed by atoms with Gasteiger partial charge in [-0.1, -0.05) is 30.3 Å². The van der Waals surface area contributed by atoms with E-state index in [2.05, 4.69) is 48.4 Å². The lowest BCUT2D eigenvalue weighted by Crippen LogP contribution is -2.06. The van der Waals surface area contributed by atoms with Gasteiger partial charge in [0.1, 0.15) is 16.6 Å². The van der Waals surface area contributed by atoms with Crippen LogP contribution in [0.15, 0.2) is 53.5 Å². The lowest BCUT2D eigenvalue weighted by atomic mass is 10.1. The minimum absolute atomic E-state index is 0.711. The maximum Gasteiger partial charge on any atom is 0.173 e. The number of rotatable bonds is 4. The van der Waals surface area contributed by atoms with E-state index < -0.39 is 0 Å². The molecule has 1 N–H and O–H groups in total. The number of anilines is 1. The molecule has 0 saturated heterocycles. The molecular weight excluding hydrogens is 330 g/mol. The molecule has 3 rings (SSSR count). The molecule has 0 aliphatic carbocycles. The summed E-state index contributed by atoms with van der Waals surface area (Å²) in [4.78, 5) is 8.51. The number of nitrogens with one attached hydrogen (secondary N) is 1. The Hall–Kier alpha value is -2.21. The third-order valence-corrected chi connectivity index (χ3v) is 3.75. The van der Waals surface area contributed by atoms with Crippen molar-refractivity contribution in [1.82, 2.24) is 19.7 Å². The van der Waals surface area contributed by atoms with Gasteiger partial charge in [-0.3, -0.25) is 0 Å². The average molecular weight is 344 g/mol. The van der Waals surface area contributed by atoms with Gasteiger partial charge in [-0.05, 0) is 28.4 Å². The van der Waals surface area contributed by atoms with E-state index in [1.165, 1.54) is 6.33 Å². The van der Waals surface area contributed by atoms with Crippen molar-refractivity contribution in [3.63, 3.8) is 0 Å². The summed E-state index contributed by atoms with van der Waals surface area (Å²) in [6.45, 7) is 2.82. The van der Waals surface area contributed by atoms with Crippen molar-refractivity contribution in [1.29, 1.82) is 0 Å². The Morgan fingerprint density at radius 2 is 1.95 bits per heavy atom. The standard InChI is InChI=1S/C15H14BrN5/c1-2-17-14-13(16)15(19-10-18-14)21-9-12(8-20-21)11-6-4-3-5-7-11/h3-10H,2H2,1H3,(H,17,18,19). The van der Waals surface area contributed by atoms with E-state index in [0.29, 0.717) is 5.82 Å². The summed E-state index contributed by atoms with van der Waals surface area (Å²) in [5.74, 6) is 1.47. The molecule has 0 aliphatic rings. The zero-order valence-electron chi connectivity index (χ0n) is 11.5. The van der Waals surface area contributed by atoms with Crippen LogP contribution in [0.3, 0.4) is 0 Å². The minimum atomic E-state index is 0.711. The molecule has 0 atom stereocenters. The van der Waals surface area contributed by atoms with E-state index in [9.17, 15) is 0 Å². The quantitative estimate of drug-likeness (QED) is 0.787. The first kappa shape index (κ1) is 13.8. The third-order valence-electron chi connectivity index (χ3n) is 3.02. The molecule has 106 valence electrons. The third kappa shape index (κ3) is 2.80. The van der Waals surface area contributed by atoms with Gasteiger partial charge in [0.05, 0.1) is 6.20 Å². The molecule has 0 spiro atoms. The summed E-state index contributed by atoms with van der Waals surface area (Å²) in [7, 11) is 0. The van der Waals surface area contributed by atoms with Crippen molar-refractivity contribution in [3.8, 4) is 16.9 Å². The van der Waals surface area contributed by atoms with Gasteiger partial charge in [-0.15, -0.1) is 0 Å². The highest BCUT2D eigenvalue weighted by molar-refractivity contribution is 9.10. The Balaban J connectivity index is 1.99. The van der Waals surface area contributed by atoms with Crippen LogP contribution < -0.4 is 5.32 Å². The molecule has 0 fully saturated rings. The fourth-order valence-electron chi connectivity index (χ4n) is 2.03. The lowest BCUT2D eigenvalue weighted by molar-refractivity contribution is 0.833. The van der Waals surface area contributed by atoms with Crippen molar-refractivity contribution < 1.29 is 0 Å². The SMILES string of the molecule is CCNc1ncnc(-n2cc(-c3ccccc3)cn2)c1Br. The molecule has 0 aliphatic heterocycles. The number of nitrogens with zero attached hydrogens (tertiary/aromatic N) is 4. The fourth-order valence-corrected chi connectivity index (χ4v) is 2.56. The van der Waals surface area contributed by atoms with E-state index in [-0.39, 0.29) is 0 Å². The van der Waals surface area contributed by atoms with Crippen LogP contribution >= 0.6 is 15.9 Å². The molecule has 2 heterocycles. The summed E-state index contributed by atoms with van der Waals surface area (Å²) in [5, 5.41) is 7.58. The highest BCUT2D eigenvalue weighted by Gasteiger charge is 2.11. The number of hydrogen-bond donors (Lipinski definition) is 1. The van der Waals surface area contributed by atoms with Crippen LogP contribution in [0.4, 0.5) is 5.82 Å². The zero-order valence-corrected chi connectivity index (χ0v) is 13.1. The van der Waals surface area contributed by atoms with Gasteiger partial charge in [0.25, 0.3) is 0 Å². The second kappa shape index (κ2) is 6.05. The van der Waals surface area contributed by atoms with Gasteiger partial charge in [-0.2, -0.15) is 5.10 Å². The molecule has 0 amide bonds. The van der Waals surface area contributed by atoms with Crippen LogP contribution in [0, 0.1) is 0 Å². The molecule has 5 nitrogen and oxygen atoms in total. The molecule has 0 unspecified atom stereocenters. The van der Waals surface area contributed by atoms with Crippen LogP contribution in [0.1, 0.15) is 6.92 Å². The highest BCUT2D eigenvalue weighted by atomic mass is 79.9. The van der Waals surface area contributed by atoms with Gasteiger partial charge < -0.3 is 5.32 Å². The summed E-state index contributed by atoms with van der Waals surface area (Å²) >= 11 is 3.54. The molecule has 3 aromatic rings. The fraction of sp³-hybridized carbons (Fsp3) is 0.133. The normalized spacial score (nSPS) is 10.6. The number of hydrogen-bond acceptors (Lipinski definition) is 4. The first-order valence-electron chi connectivity index (χ1n) is 6.64. The molecule has 0 bridgehead atoms. The molecule has 0 radical (unpaired) electrons. The lowest BCUT2D eigenvalue weighted by Gasteiger charge is -2.08. The van der Waals surface area contributed by atoms with Gasteiger partial charge in [0, 0.05) is 18.3 Å². The van der Waals surface area contributed by atoms with Gasteiger partial charge in [0.2, 0.25) is 0 Å². The Morgan fingerprint density at radius 1 is 1.14 bits per heavy atom. The Labute approximate surface area is 131 Å². The molecule has 2 aromatic heterocycles. The number of halogens is 1. The first-order valence-corrected chi connectivity index (χ1v) is 7.43. The highest BCUT2D eigenvalue weighted by Crippen LogP contribution is 2.26. The second-order valence-corrected chi connectivity index (χ2v) is 5.22. The summed E-state index contributed by atoms with van der Waals surface area (Å²) in [6.07, 6.45) is 5.32. The zero-order chi connectivity index (χ0) is 14.7.